The van der Waals surface area contributed by atoms with Gasteiger partial charge in [0.15, 0.2) is 0 Å². The molecule has 0 atom stereocenters. The molecule has 1 radical (unpaired) electrons. The molecule has 0 bridgehead atoms. The molecule has 127 valence electrons. The average Bonchev–Trinajstić information content (AvgIpc) is 2.94. The van der Waals surface area contributed by atoms with E-state index in [0.29, 0.717) is 0 Å². The summed E-state index contributed by atoms with van der Waals surface area (Å²) in [4.78, 5) is 4.50. The fourth-order valence-electron chi connectivity index (χ4n) is 3.94. The van der Waals surface area contributed by atoms with Crippen LogP contribution < -0.4 is 0 Å². The Morgan fingerprint density at radius 3 is 2.58 bits per heavy atom. The third-order valence-corrected chi connectivity index (χ3v) is 5.33. The molecule has 1 heterocycles. The van der Waals surface area contributed by atoms with Gasteiger partial charge in [-0.05, 0) is 29.2 Å². The first-order chi connectivity index (χ1) is 11.2. The Kier molecular flexibility index (Phi) is 5.96. The standard InChI is InChI=1S/C22H24N.Ir/c1-5-16-11-12-23-21(13-16)17-9-10-20-18(14-17)15-19(6-2)22(20,7-3)8-4;/h5,10-15H,1,6-8H2,2-4H3;/q-1;. The summed E-state index contributed by atoms with van der Waals surface area (Å²) < 4.78 is 0. The number of pyridine rings is 1. The van der Waals surface area contributed by atoms with Crippen LogP contribution in [0, 0.1) is 6.07 Å². The first-order valence-corrected chi connectivity index (χ1v) is 8.54. The number of rotatable bonds is 5. The molecule has 1 aliphatic rings. The second kappa shape index (κ2) is 7.59. The monoisotopic (exact) mass is 495 g/mol. The van der Waals surface area contributed by atoms with E-state index >= 15 is 0 Å². The minimum absolute atomic E-state index is 0. The zero-order valence-corrected chi connectivity index (χ0v) is 17.0. The van der Waals surface area contributed by atoms with Crippen LogP contribution in [0.4, 0.5) is 0 Å². The van der Waals surface area contributed by atoms with E-state index in [1.165, 1.54) is 11.1 Å². The summed E-state index contributed by atoms with van der Waals surface area (Å²) in [6.07, 6.45) is 9.48. The molecule has 1 aromatic carbocycles. The molecule has 1 aromatic heterocycles. The molecule has 0 aliphatic heterocycles. The molecule has 3 rings (SSSR count). The van der Waals surface area contributed by atoms with Crippen molar-refractivity contribution >= 4 is 12.2 Å². The summed E-state index contributed by atoms with van der Waals surface area (Å²) >= 11 is 0. The Bertz CT molecular complexity index is 769. The molecule has 24 heavy (non-hydrogen) atoms. The number of nitrogens with zero attached hydrogens (tertiary/aromatic N) is 1. The predicted molar refractivity (Wildman–Crippen MR) is 99.1 cm³/mol. The number of benzene rings is 1. The van der Waals surface area contributed by atoms with Crippen LogP contribution >= 0.6 is 0 Å². The summed E-state index contributed by atoms with van der Waals surface area (Å²) in [7, 11) is 0. The van der Waals surface area contributed by atoms with Crippen molar-refractivity contribution in [1.82, 2.24) is 4.98 Å². The minimum atomic E-state index is 0. The quantitative estimate of drug-likeness (QED) is 0.461. The third-order valence-electron chi connectivity index (χ3n) is 5.33. The Labute approximate surface area is 159 Å². The second-order valence-electron chi connectivity index (χ2n) is 6.21. The fraction of sp³-hybridized carbons (Fsp3) is 0.318. The largest absolute Gasteiger partial charge is 0.305 e. The van der Waals surface area contributed by atoms with E-state index in [-0.39, 0.29) is 25.5 Å². The summed E-state index contributed by atoms with van der Waals surface area (Å²) in [6.45, 7) is 10.7. The molecule has 1 nitrogen and oxygen atoms in total. The van der Waals surface area contributed by atoms with E-state index in [2.05, 4.69) is 62.7 Å². The maximum Gasteiger partial charge on any atom is 0.0166 e. The Morgan fingerprint density at radius 2 is 1.96 bits per heavy atom. The van der Waals surface area contributed by atoms with Gasteiger partial charge in [0, 0.05) is 26.3 Å². The van der Waals surface area contributed by atoms with Crippen LogP contribution in [0.15, 0.2) is 42.6 Å². The number of allylic oxidation sites excluding steroid dienone is 1. The molecule has 0 N–H and O–H groups in total. The normalized spacial score (nSPS) is 14.5. The van der Waals surface area contributed by atoms with Crippen LogP contribution in [-0.4, -0.2) is 4.98 Å². The van der Waals surface area contributed by atoms with Gasteiger partial charge in [0.25, 0.3) is 0 Å². The number of hydrogen-bond donors (Lipinski definition) is 0. The van der Waals surface area contributed by atoms with Gasteiger partial charge in [0.1, 0.15) is 0 Å². The number of fused-ring (bicyclic) bond motifs is 1. The second-order valence-corrected chi connectivity index (χ2v) is 6.21. The maximum absolute atomic E-state index is 4.50. The van der Waals surface area contributed by atoms with Gasteiger partial charge >= 0.3 is 0 Å². The first-order valence-electron chi connectivity index (χ1n) is 8.54. The molecule has 1 aliphatic carbocycles. The smallest absolute Gasteiger partial charge is 0.0166 e. The molecule has 0 saturated heterocycles. The Morgan fingerprint density at radius 1 is 1.21 bits per heavy atom. The van der Waals surface area contributed by atoms with Gasteiger partial charge < -0.3 is 4.98 Å². The zero-order valence-electron chi connectivity index (χ0n) is 14.7. The van der Waals surface area contributed by atoms with Crippen LogP contribution in [0.5, 0.6) is 0 Å². The van der Waals surface area contributed by atoms with Gasteiger partial charge in [-0.25, -0.2) is 0 Å². The number of aromatic nitrogens is 1. The summed E-state index contributed by atoms with van der Waals surface area (Å²) in [5.41, 5.74) is 7.63. The van der Waals surface area contributed by atoms with Crippen LogP contribution in [0.2, 0.25) is 0 Å². The van der Waals surface area contributed by atoms with Gasteiger partial charge in [-0.1, -0.05) is 64.0 Å². The van der Waals surface area contributed by atoms with Crippen molar-refractivity contribution in [2.24, 2.45) is 0 Å². The van der Waals surface area contributed by atoms with Crippen molar-refractivity contribution in [2.75, 3.05) is 0 Å². The molecular formula is C22H24IrN-. The molecule has 0 amide bonds. The van der Waals surface area contributed by atoms with Crippen molar-refractivity contribution < 1.29 is 20.1 Å². The predicted octanol–water partition coefficient (Wildman–Crippen LogP) is 6.05. The summed E-state index contributed by atoms with van der Waals surface area (Å²) in [5, 5.41) is 0. The van der Waals surface area contributed by atoms with E-state index in [0.717, 1.165) is 36.1 Å². The Balaban J connectivity index is 0.00000208. The summed E-state index contributed by atoms with van der Waals surface area (Å²) in [5.74, 6) is 0. The van der Waals surface area contributed by atoms with Gasteiger partial charge in [0.05, 0.1) is 0 Å². The molecule has 2 aromatic rings. The fourth-order valence-corrected chi connectivity index (χ4v) is 3.94. The topological polar surface area (TPSA) is 12.9 Å². The minimum Gasteiger partial charge on any atom is -0.305 e. The molecule has 0 spiro atoms. The van der Waals surface area contributed by atoms with Crippen LogP contribution in [-0.2, 0) is 25.5 Å². The third kappa shape index (κ3) is 2.94. The van der Waals surface area contributed by atoms with E-state index < -0.39 is 0 Å². The maximum atomic E-state index is 4.50. The molecule has 0 unspecified atom stereocenters. The van der Waals surface area contributed by atoms with Gasteiger partial charge in [0.2, 0.25) is 0 Å². The van der Waals surface area contributed by atoms with Crippen LogP contribution in [0.3, 0.4) is 0 Å². The Hall–Kier alpha value is -1.50. The summed E-state index contributed by atoms with van der Waals surface area (Å²) in [6, 6.07) is 11.9. The van der Waals surface area contributed by atoms with Crippen LogP contribution in [0.25, 0.3) is 23.4 Å². The van der Waals surface area contributed by atoms with Crippen molar-refractivity contribution in [3.8, 4) is 11.3 Å². The van der Waals surface area contributed by atoms with E-state index in [4.69, 9.17) is 0 Å². The van der Waals surface area contributed by atoms with E-state index in [1.54, 1.807) is 5.57 Å². The molecule has 2 heteroatoms. The molecule has 0 fully saturated rings. The molecular weight excluding hydrogens is 470 g/mol. The van der Waals surface area contributed by atoms with Crippen molar-refractivity contribution in [2.45, 2.75) is 45.4 Å². The average molecular weight is 495 g/mol. The van der Waals surface area contributed by atoms with Gasteiger partial charge in [-0.3, -0.25) is 0 Å². The first kappa shape index (κ1) is 18.8. The van der Waals surface area contributed by atoms with Crippen LogP contribution in [0.1, 0.15) is 56.7 Å². The zero-order chi connectivity index (χ0) is 16.4. The number of hydrogen-bond acceptors (Lipinski definition) is 1. The van der Waals surface area contributed by atoms with Crippen molar-refractivity contribution in [3.05, 3.63) is 65.4 Å². The van der Waals surface area contributed by atoms with E-state index in [1.807, 2.05) is 18.3 Å². The van der Waals surface area contributed by atoms with Gasteiger partial charge in [-0.15, -0.1) is 34.9 Å². The molecule has 0 saturated carbocycles. The SMILES string of the molecule is C=Cc1ccnc(-c2[c-]cc3c(c2)C=C(CC)C3(CC)CC)c1.[Ir]. The van der Waals surface area contributed by atoms with Gasteiger partial charge in [-0.2, -0.15) is 0 Å². The van der Waals surface area contributed by atoms with E-state index in [9.17, 15) is 0 Å². The van der Waals surface area contributed by atoms with Crippen molar-refractivity contribution in [1.29, 1.82) is 0 Å². The van der Waals surface area contributed by atoms with Crippen molar-refractivity contribution in [3.63, 3.8) is 0 Å².